The van der Waals surface area contributed by atoms with E-state index in [1.165, 1.54) is 39.0 Å². The van der Waals surface area contributed by atoms with Gasteiger partial charge in [-0.2, -0.15) is 0 Å². The molecule has 0 atom stereocenters. The average Bonchev–Trinajstić information content (AvgIpc) is 3.10. The third kappa shape index (κ3) is 1.94. The molecule has 0 nitrogen and oxygen atoms in total. The molecule has 0 unspecified atom stereocenters. The molecule has 3 aromatic carbocycles. The van der Waals surface area contributed by atoms with Gasteiger partial charge in [-0.3, -0.25) is 0 Å². The second-order valence-electron chi connectivity index (χ2n) is 6.09. The molecular weight excluding hydrogens is 335 g/mol. The lowest BCUT2D eigenvalue weighted by Crippen LogP contribution is -1.89. The summed E-state index contributed by atoms with van der Waals surface area (Å²) in [5.74, 6) is 0. The molecule has 0 radical (unpaired) electrons. The second kappa shape index (κ2) is 5.11. The first-order valence-corrected chi connectivity index (χ1v) is 8.60. The third-order valence-electron chi connectivity index (χ3n) is 4.72. The van der Waals surface area contributed by atoms with Crippen LogP contribution in [0.1, 0.15) is 27.8 Å². The topological polar surface area (TPSA) is 0 Å². The minimum Gasteiger partial charge on any atom is -0.0843 e. The lowest BCUT2D eigenvalue weighted by molar-refractivity contribution is 1.54. The first-order chi connectivity index (χ1) is 11.7. The SMILES string of the molecule is Clc1ccc(C2=C3C(=Cc4ccccc43)c3ccc(Cl)cc32)cc1. The van der Waals surface area contributed by atoms with Crippen molar-refractivity contribution >= 4 is 46.0 Å². The fraction of sp³-hybridized carbons (Fsp3) is 0. The van der Waals surface area contributed by atoms with Crippen LogP contribution in [0.5, 0.6) is 0 Å². The molecule has 2 aliphatic rings. The summed E-state index contributed by atoms with van der Waals surface area (Å²) in [6.45, 7) is 0. The van der Waals surface area contributed by atoms with Crippen LogP contribution in [0.25, 0.3) is 22.8 Å². The molecule has 0 saturated heterocycles. The Bertz CT molecular complexity index is 1050. The molecule has 3 aromatic rings. The molecule has 0 saturated carbocycles. The minimum atomic E-state index is 0.747. The van der Waals surface area contributed by atoms with Crippen molar-refractivity contribution in [2.45, 2.75) is 0 Å². The number of halogens is 2. The van der Waals surface area contributed by atoms with Gasteiger partial charge in [-0.05, 0) is 74.9 Å². The fourth-order valence-electron chi connectivity index (χ4n) is 3.71. The summed E-state index contributed by atoms with van der Waals surface area (Å²) >= 11 is 12.4. The highest BCUT2D eigenvalue weighted by molar-refractivity contribution is 6.34. The largest absolute Gasteiger partial charge is 0.0843 e. The molecule has 5 rings (SSSR count). The zero-order valence-corrected chi connectivity index (χ0v) is 14.2. The number of fused-ring (bicyclic) bond motifs is 5. The molecular formula is C22H12Cl2. The Kier molecular flexibility index (Phi) is 3.00. The van der Waals surface area contributed by atoms with Crippen LogP contribution in [0, 0.1) is 0 Å². The fourth-order valence-corrected chi connectivity index (χ4v) is 4.01. The average molecular weight is 347 g/mol. The molecule has 2 heteroatoms. The van der Waals surface area contributed by atoms with Crippen molar-refractivity contribution in [3.63, 3.8) is 0 Å². The maximum atomic E-state index is 6.30. The summed E-state index contributed by atoms with van der Waals surface area (Å²) < 4.78 is 0. The molecule has 0 N–H and O–H groups in total. The van der Waals surface area contributed by atoms with Crippen molar-refractivity contribution in [1.82, 2.24) is 0 Å². The highest BCUT2D eigenvalue weighted by Crippen LogP contribution is 2.54. The maximum Gasteiger partial charge on any atom is 0.0412 e. The van der Waals surface area contributed by atoms with Crippen LogP contribution in [0.15, 0.2) is 66.7 Å². The molecule has 0 heterocycles. The summed E-state index contributed by atoms with van der Waals surface area (Å²) in [6.07, 6.45) is 2.28. The number of hydrogen-bond acceptors (Lipinski definition) is 0. The van der Waals surface area contributed by atoms with Crippen LogP contribution in [0.4, 0.5) is 0 Å². The van der Waals surface area contributed by atoms with Gasteiger partial charge in [0.15, 0.2) is 0 Å². The van der Waals surface area contributed by atoms with E-state index in [-0.39, 0.29) is 0 Å². The molecule has 114 valence electrons. The van der Waals surface area contributed by atoms with Crippen LogP contribution < -0.4 is 0 Å². The third-order valence-corrected chi connectivity index (χ3v) is 5.21. The van der Waals surface area contributed by atoms with Crippen LogP contribution in [-0.2, 0) is 0 Å². The van der Waals surface area contributed by atoms with E-state index < -0.39 is 0 Å². The first-order valence-electron chi connectivity index (χ1n) is 7.84. The van der Waals surface area contributed by atoms with E-state index in [4.69, 9.17) is 23.2 Å². The predicted molar refractivity (Wildman–Crippen MR) is 103 cm³/mol. The lowest BCUT2D eigenvalue weighted by Gasteiger charge is -2.10. The summed E-state index contributed by atoms with van der Waals surface area (Å²) in [5, 5.41) is 1.51. The first kappa shape index (κ1) is 14.1. The van der Waals surface area contributed by atoms with Crippen molar-refractivity contribution in [2.24, 2.45) is 0 Å². The minimum absolute atomic E-state index is 0.747. The van der Waals surface area contributed by atoms with E-state index in [1.807, 2.05) is 18.2 Å². The molecule has 24 heavy (non-hydrogen) atoms. The highest BCUT2D eigenvalue weighted by Gasteiger charge is 2.32. The zero-order valence-electron chi connectivity index (χ0n) is 12.7. The molecule has 0 bridgehead atoms. The normalized spacial score (nSPS) is 14.3. The van der Waals surface area contributed by atoms with Crippen molar-refractivity contribution in [3.8, 4) is 0 Å². The van der Waals surface area contributed by atoms with Crippen molar-refractivity contribution in [1.29, 1.82) is 0 Å². The quantitative estimate of drug-likeness (QED) is 0.453. The van der Waals surface area contributed by atoms with Gasteiger partial charge in [0.25, 0.3) is 0 Å². The molecule has 2 aliphatic carbocycles. The van der Waals surface area contributed by atoms with Crippen molar-refractivity contribution < 1.29 is 0 Å². The molecule has 0 fully saturated rings. The van der Waals surface area contributed by atoms with E-state index in [9.17, 15) is 0 Å². The van der Waals surface area contributed by atoms with Gasteiger partial charge in [0.2, 0.25) is 0 Å². The van der Waals surface area contributed by atoms with Crippen LogP contribution >= 0.6 is 23.2 Å². The van der Waals surface area contributed by atoms with Crippen LogP contribution in [0.2, 0.25) is 10.0 Å². The number of hydrogen-bond donors (Lipinski definition) is 0. The van der Waals surface area contributed by atoms with Crippen molar-refractivity contribution in [2.75, 3.05) is 0 Å². The summed E-state index contributed by atoms with van der Waals surface area (Å²) in [6, 6.07) is 22.7. The maximum absolute atomic E-state index is 6.30. The standard InChI is InChI=1S/C22H12Cl2/c23-15-7-5-13(6-8-15)21-20-12-16(24)9-10-18(20)19-11-14-3-1-2-4-17(14)22(19)21/h1-12H. The monoisotopic (exact) mass is 346 g/mol. The number of rotatable bonds is 1. The van der Waals surface area contributed by atoms with E-state index >= 15 is 0 Å². The molecule has 0 aliphatic heterocycles. The molecule has 0 spiro atoms. The smallest absolute Gasteiger partial charge is 0.0412 e. The Morgan fingerprint density at radius 2 is 1.33 bits per heavy atom. The van der Waals surface area contributed by atoms with Gasteiger partial charge in [0.1, 0.15) is 0 Å². The van der Waals surface area contributed by atoms with E-state index in [1.54, 1.807) is 0 Å². The summed E-state index contributed by atoms with van der Waals surface area (Å²) in [5.41, 5.74) is 9.98. The van der Waals surface area contributed by atoms with Gasteiger partial charge in [0.05, 0.1) is 0 Å². The van der Waals surface area contributed by atoms with Gasteiger partial charge in [-0.25, -0.2) is 0 Å². The lowest BCUT2D eigenvalue weighted by atomic mass is 9.94. The summed E-state index contributed by atoms with van der Waals surface area (Å²) in [4.78, 5) is 0. The van der Waals surface area contributed by atoms with Gasteiger partial charge in [-0.1, -0.05) is 65.7 Å². The Morgan fingerprint density at radius 1 is 0.583 bits per heavy atom. The van der Waals surface area contributed by atoms with E-state index in [0.29, 0.717) is 0 Å². The van der Waals surface area contributed by atoms with Gasteiger partial charge in [0, 0.05) is 10.0 Å². The van der Waals surface area contributed by atoms with Crippen LogP contribution in [-0.4, -0.2) is 0 Å². The molecule has 0 aromatic heterocycles. The number of allylic oxidation sites excluding steroid dienone is 2. The van der Waals surface area contributed by atoms with Gasteiger partial charge < -0.3 is 0 Å². The highest BCUT2D eigenvalue weighted by atomic mass is 35.5. The second-order valence-corrected chi connectivity index (χ2v) is 6.96. The Morgan fingerprint density at radius 3 is 2.17 bits per heavy atom. The van der Waals surface area contributed by atoms with E-state index in [2.05, 4.69) is 54.6 Å². The van der Waals surface area contributed by atoms with Crippen molar-refractivity contribution in [3.05, 3.63) is 105 Å². The van der Waals surface area contributed by atoms with Gasteiger partial charge in [-0.15, -0.1) is 0 Å². The molecule has 0 amide bonds. The van der Waals surface area contributed by atoms with Crippen LogP contribution in [0.3, 0.4) is 0 Å². The Balaban J connectivity index is 1.87. The predicted octanol–water partition coefficient (Wildman–Crippen LogP) is 6.82. The Labute approximate surface area is 150 Å². The number of benzene rings is 3. The van der Waals surface area contributed by atoms with Gasteiger partial charge >= 0.3 is 0 Å². The summed E-state index contributed by atoms with van der Waals surface area (Å²) in [7, 11) is 0. The zero-order chi connectivity index (χ0) is 16.3. The Hall–Kier alpha value is -2.28. The van der Waals surface area contributed by atoms with E-state index in [0.717, 1.165) is 15.6 Å².